The number of amides is 1. The van der Waals surface area contributed by atoms with E-state index in [0.717, 1.165) is 11.8 Å². The second-order valence-electron chi connectivity index (χ2n) is 5.70. The molecule has 0 bridgehead atoms. The second kappa shape index (κ2) is 6.93. The van der Waals surface area contributed by atoms with Crippen molar-refractivity contribution >= 4 is 33.0 Å². The maximum atomic E-state index is 12.5. The highest BCUT2D eigenvalue weighted by molar-refractivity contribution is 7.90. The highest BCUT2D eigenvalue weighted by atomic mass is 35.5. The van der Waals surface area contributed by atoms with E-state index in [-0.39, 0.29) is 15.5 Å². The first kappa shape index (κ1) is 18.2. The van der Waals surface area contributed by atoms with E-state index in [2.05, 4.69) is 10.3 Å². The molecule has 0 atom stereocenters. The summed E-state index contributed by atoms with van der Waals surface area (Å²) in [4.78, 5) is 16.8. The minimum atomic E-state index is -3.39. The standard InChI is InChI=1S/C18H15ClN2O4S/c1-11-20-17(10-25-11)12-4-3-5-13(8-12)21-18(22)15-7-6-14(9-16(15)19)26(2,23)24/h3-10H,1-2H3,(H,21,22). The monoisotopic (exact) mass is 390 g/mol. The number of halogens is 1. The molecule has 0 radical (unpaired) electrons. The van der Waals surface area contributed by atoms with Gasteiger partial charge in [-0.2, -0.15) is 0 Å². The lowest BCUT2D eigenvalue weighted by molar-refractivity contribution is 0.102. The van der Waals surface area contributed by atoms with E-state index in [9.17, 15) is 13.2 Å². The summed E-state index contributed by atoms with van der Waals surface area (Å²) in [6.07, 6.45) is 2.62. The number of carbonyl (C=O) groups excluding carboxylic acids is 1. The quantitative estimate of drug-likeness (QED) is 0.728. The fraction of sp³-hybridized carbons (Fsp3) is 0.111. The molecule has 0 aliphatic carbocycles. The van der Waals surface area contributed by atoms with Crippen molar-refractivity contribution in [2.75, 3.05) is 11.6 Å². The molecule has 0 aliphatic heterocycles. The number of nitrogens with one attached hydrogen (secondary N) is 1. The van der Waals surface area contributed by atoms with Crippen LogP contribution in [0.2, 0.25) is 5.02 Å². The molecule has 0 fully saturated rings. The number of aryl methyl sites for hydroxylation is 1. The third kappa shape index (κ3) is 3.95. The molecule has 1 N–H and O–H groups in total. The van der Waals surface area contributed by atoms with Gasteiger partial charge in [0.05, 0.1) is 15.5 Å². The molecule has 1 aromatic heterocycles. The van der Waals surface area contributed by atoms with Crippen LogP contribution in [-0.4, -0.2) is 25.6 Å². The lowest BCUT2D eigenvalue weighted by atomic mass is 10.1. The first-order valence-electron chi connectivity index (χ1n) is 7.57. The molecule has 3 rings (SSSR count). The number of sulfone groups is 1. The molecule has 1 heterocycles. The summed E-state index contributed by atoms with van der Waals surface area (Å²) in [5.41, 5.74) is 2.19. The highest BCUT2D eigenvalue weighted by Gasteiger charge is 2.15. The summed E-state index contributed by atoms with van der Waals surface area (Å²) in [5, 5.41) is 2.81. The minimum Gasteiger partial charge on any atom is -0.449 e. The van der Waals surface area contributed by atoms with Crippen LogP contribution in [0.3, 0.4) is 0 Å². The molecule has 8 heteroatoms. The van der Waals surface area contributed by atoms with Crippen molar-refractivity contribution in [3.8, 4) is 11.3 Å². The topological polar surface area (TPSA) is 89.3 Å². The third-order valence-electron chi connectivity index (χ3n) is 3.65. The van der Waals surface area contributed by atoms with Crippen molar-refractivity contribution in [1.29, 1.82) is 0 Å². The van der Waals surface area contributed by atoms with Gasteiger partial charge in [-0.25, -0.2) is 13.4 Å². The van der Waals surface area contributed by atoms with E-state index in [1.807, 2.05) is 6.07 Å². The third-order valence-corrected chi connectivity index (χ3v) is 5.07. The Morgan fingerprint density at radius 2 is 1.96 bits per heavy atom. The second-order valence-corrected chi connectivity index (χ2v) is 8.12. The smallest absolute Gasteiger partial charge is 0.257 e. The lowest BCUT2D eigenvalue weighted by Gasteiger charge is -2.09. The van der Waals surface area contributed by atoms with Crippen LogP contribution in [0.4, 0.5) is 5.69 Å². The summed E-state index contributed by atoms with van der Waals surface area (Å²) in [7, 11) is -3.39. The number of anilines is 1. The maximum absolute atomic E-state index is 12.5. The van der Waals surface area contributed by atoms with Crippen LogP contribution in [0.25, 0.3) is 11.3 Å². The zero-order valence-electron chi connectivity index (χ0n) is 14.0. The van der Waals surface area contributed by atoms with E-state index in [1.54, 1.807) is 25.1 Å². The van der Waals surface area contributed by atoms with Crippen LogP contribution in [0.15, 0.2) is 58.0 Å². The van der Waals surface area contributed by atoms with Gasteiger partial charge in [0, 0.05) is 24.4 Å². The van der Waals surface area contributed by atoms with Crippen molar-refractivity contribution in [3.63, 3.8) is 0 Å². The average Bonchev–Trinajstić information content (AvgIpc) is 3.00. The molecule has 134 valence electrons. The molecule has 26 heavy (non-hydrogen) atoms. The Bertz CT molecular complexity index is 1090. The Hall–Kier alpha value is -2.64. The largest absolute Gasteiger partial charge is 0.449 e. The van der Waals surface area contributed by atoms with Crippen LogP contribution in [0.5, 0.6) is 0 Å². The predicted octanol–water partition coefficient (Wildman–Crippen LogP) is 3.96. The number of rotatable bonds is 4. The molecular formula is C18H15ClN2O4S. The van der Waals surface area contributed by atoms with E-state index in [0.29, 0.717) is 17.3 Å². The molecule has 0 saturated heterocycles. The van der Waals surface area contributed by atoms with Crippen LogP contribution in [0.1, 0.15) is 16.2 Å². The van der Waals surface area contributed by atoms with Gasteiger partial charge < -0.3 is 9.73 Å². The van der Waals surface area contributed by atoms with E-state index < -0.39 is 15.7 Å². The van der Waals surface area contributed by atoms with Crippen LogP contribution < -0.4 is 5.32 Å². The Kier molecular flexibility index (Phi) is 4.84. The van der Waals surface area contributed by atoms with Crippen molar-refractivity contribution in [1.82, 2.24) is 4.98 Å². The number of nitrogens with zero attached hydrogens (tertiary/aromatic N) is 1. The average molecular weight is 391 g/mol. The number of benzene rings is 2. The first-order chi connectivity index (χ1) is 12.2. The van der Waals surface area contributed by atoms with Crippen molar-refractivity contribution < 1.29 is 17.6 Å². The normalized spacial score (nSPS) is 11.3. The minimum absolute atomic E-state index is 0.0578. The summed E-state index contributed by atoms with van der Waals surface area (Å²) in [6, 6.07) is 11.1. The van der Waals surface area contributed by atoms with Crippen LogP contribution >= 0.6 is 11.6 Å². The summed E-state index contributed by atoms with van der Waals surface area (Å²) in [6.45, 7) is 1.75. The van der Waals surface area contributed by atoms with Crippen molar-refractivity contribution in [2.45, 2.75) is 11.8 Å². The molecular weight excluding hydrogens is 376 g/mol. The van der Waals surface area contributed by atoms with Gasteiger partial charge in [0.15, 0.2) is 15.7 Å². The van der Waals surface area contributed by atoms with Crippen molar-refractivity contribution in [3.05, 3.63) is 65.2 Å². The maximum Gasteiger partial charge on any atom is 0.257 e. The van der Waals surface area contributed by atoms with Gasteiger partial charge in [0.1, 0.15) is 12.0 Å². The van der Waals surface area contributed by atoms with Gasteiger partial charge in [-0.1, -0.05) is 23.7 Å². The summed E-state index contributed by atoms with van der Waals surface area (Å²) in [5.74, 6) is 0.107. The molecule has 0 unspecified atom stereocenters. The number of oxazole rings is 1. The Balaban J connectivity index is 1.84. The fourth-order valence-electron chi connectivity index (χ4n) is 2.36. The fourth-order valence-corrected chi connectivity index (χ4v) is 3.34. The van der Waals surface area contributed by atoms with Crippen LogP contribution in [-0.2, 0) is 9.84 Å². The van der Waals surface area contributed by atoms with Crippen molar-refractivity contribution in [2.24, 2.45) is 0 Å². The molecule has 3 aromatic rings. The lowest BCUT2D eigenvalue weighted by Crippen LogP contribution is -2.13. The van der Waals surface area contributed by atoms with E-state index in [4.69, 9.17) is 16.0 Å². The van der Waals surface area contributed by atoms with Gasteiger partial charge in [0.2, 0.25) is 0 Å². The van der Waals surface area contributed by atoms with Gasteiger partial charge in [0.25, 0.3) is 5.91 Å². The Labute approximate surface area is 155 Å². The van der Waals surface area contributed by atoms with Gasteiger partial charge >= 0.3 is 0 Å². The number of hydrogen-bond acceptors (Lipinski definition) is 5. The number of carbonyl (C=O) groups is 1. The SMILES string of the molecule is Cc1nc(-c2cccc(NC(=O)c3ccc(S(C)(=O)=O)cc3Cl)c2)co1. The summed E-state index contributed by atoms with van der Waals surface area (Å²) < 4.78 is 28.3. The molecule has 6 nitrogen and oxygen atoms in total. The zero-order chi connectivity index (χ0) is 18.9. The highest BCUT2D eigenvalue weighted by Crippen LogP contribution is 2.24. The molecule has 1 amide bonds. The van der Waals surface area contributed by atoms with Gasteiger partial charge in [-0.05, 0) is 30.3 Å². The first-order valence-corrected chi connectivity index (χ1v) is 9.84. The molecule has 2 aromatic carbocycles. The van der Waals surface area contributed by atoms with Gasteiger partial charge in [-0.3, -0.25) is 4.79 Å². The molecule has 0 aliphatic rings. The Morgan fingerprint density at radius 1 is 1.19 bits per heavy atom. The van der Waals surface area contributed by atoms with E-state index in [1.165, 1.54) is 24.5 Å². The Morgan fingerprint density at radius 3 is 2.58 bits per heavy atom. The zero-order valence-corrected chi connectivity index (χ0v) is 15.6. The predicted molar refractivity (Wildman–Crippen MR) is 99.2 cm³/mol. The number of aromatic nitrogens is 1. The summed E-state index contributed by atoms with van der Waals surface area (Å²) >= 11 is 6.08. The van der Waals surface area contributed by atoms with Gasteiger partial charge in [-0.15, -0.1) is 0 Å². The number of hydrogen-bond donors (Lipinski definition) is 1. The molecule has 0 saturated carbocycles. The molecule has 0 spiro atoms. The van der Waals surface area contributed by atoms with Crippen LogP contribution in [0, 0.1) is 6.92 Å². The van der Waals surface area contributed by atoms with E-state index >= 15 is 0 Å².